The van der Waals surface area contributed by atoms with Gasteiger partial charge in [-0.2, -0.15) is 4.98 Å². The summed E-state index contributed by atoms with van der Waals surface area (Å²) in [6, 6.07) is 9.08. The SMILES string of the molecule is CN(C)c1nccc(NC2CCN(Cc3ccc4c(c3)CCO4)CC2)n1. The molecule has 0 amide bonds. The van der Waals surface area contributed by atoms with E-state index in [4.69, 9.17) is 4.74 Å². The fourth-order valence-electron chi connectivity index (χ4n) is 3.69. The van der Waals surface area contributed by atoms with Crippen LogP contribution < -0.4 is 15.0 Å². The summed E-state index contributed by atoms with van der Waals surface area (Å²) in [6.45, 7) is 4.07. The Kier molecular flexibility index (Phi) is 4.93. The zero-order chi connectivity index (χ0) is 17.9. The highest BCUT2D eigenvalue weighted by atomic mass is 16.5. The molecule has 1 saturated heterocycles. The molecule has 3 heterocycles. The Morgan fingerprint density at radius 2 is 2.08 bits per heavy atom. The summed E-state index contributed by atoms with van der Waals surface area (Å²) < 4.78 is 5.60. The summed E-state index contributed by atoms with van der Waals surface area (Å²) in [6.07, 6.45) is 5.13. The van der Waals surface area contributed by atoms with Gasteiger partial charge in [0.1, 0.15) is 11.6 Å². The summed E-state index contributed by atoms with van der Waals surface area (Å²) in [5, 5.41) is 3.57. The zero-order valence-corrected chi connectivity index (χ0v) is 15.6. The third kappa shape index (κ3) is 3.90. The van der Waals surface area contributed by atoms with Crippen molar-refractivity contribution >= 4 is 11.8 Å². The minimum Gasteiger partial charge on any atom is -0.493 e. The summed E-state index contributed by atoms with van der Waals surface area (Å²) in [5.74, 6) is 2.73. The molecule has 0 radical (unpaired) electrons. The van der Waals surface area contributed by atoms with E-state index < -0.39 is 0 Å². The molecule has 6 nitrogen and oxygen atoms in total. The monoisotopic (exact) mass is 353 g/mol. The van der Waals surface area contributed by atoms with Gasteiger partial charge in [-0.1, -0.05) is 12.1 Å². The van der Waals surface area contributed by atoms with Crippen LogP contribution in [0.4, 0.5) is 11.8 Å². The van der Waals surface area contributed by atoms with Gasteiger partial charge in [-0.15, -0.1) is 0 Å². The first kappa shape index (κ1) is 17.1. The van der Waals surface area contributed by atoms with Crippen molar-refractivity contribution in [2.24, 2.45) is 0 Å². The number of nitrogens with zero attached hydrogens (tertiary/aromatic N) is 4. The van der Waals surface area contributed by atoms with E-state index in [1.54, 1.807) is 0 Å². The van der Waals surface area contributed by atoms with Crippen LogP contribution in [0.5, 0.6) is 5.75 Å². The highest BCUT2D eigenvalue weighted by Gasteiger charge is 2.20. The fourth-order valence-corrected chi connectivity index (χ4v) is 3.69. The third-order valence-corrected chi connectivity index (χ3v) is 5.14. The Morgan fingerprint density at radius 1 is 1.23 bits per heavy atom. The van der Waals surface area contributed by atoms with Gasteiger partial charge < -0.3 is 15.0 Å². The van der Waals surface area contributed by atoms with Crippen molar-refractivity contribution in [1.82, 2.24) is 14.9 Å². The number of hydrogen-bond donors (Lipinski definition) is 1. The summed E-state index contributed by atoms with van der Waals surface area (Å²) >= 11 is 0. The standard InChI is InChI=1S/C20H27N5O/c1-24(2)20-21-9-5-19(23-20)22-17-6-10-25(11-7-17)14-15-3-4-18-16(13-15)8-12-26-18/h3-5,9,13,17H,6-8,10-12,14H2,1-2H3,(H,21,22,23). The molecule has 2 aromatic rings. The molecular formula is C20H27N5O. The van der Waals surface area contributed by atoms with Crippen LogP contribution in [0.1, 0.15) is 24.0 Å². The van der Waals surface area contributed by atoms with Gasteiger partial charge in [0, 0.05) is 52.4 Å². The van der Waals surface area contributed by atoms with Crippen molar-refractivity contribution < 1.29 is 4.74 Å². The first-order chi connectivity index (χ1) is 12.7. The van der Waals surface area contributed by atoms with Crippen molar-refractivity contribution in [3.05, 3.63) is 41.6 Å². The highest BCUT2D eigenvalue weighted by molar-refractivity contribution is 5.41. The fraction of sp³-hybridized carbons (Fsp3) is 0.500. The molecule has 6 heteroatoms. The van der Waals surface area contributed by atoms with Gasteiger partial charge >= 0.3 is 0 Å². The second-order valence-electron chi connectivity index (χ2n) is 7.37. The zero-order valence-electron chi connectivity index (χ0n) is 15.6. The van der Waals surface area contributed by atoms with Gasteiger partial charge in [0.15, 0.2) is 0 Å². The van der Waals surface area contributed by atoms with E-state index >= 15 is 0 Å². The second kappa shape index (κ2) is 7.50. The van der Waals surface area contributed by atoms with Gasteiger partial charge in [-0.3, -0.25) is 4.90 Å². The van der Waals surface area contributed by atoms with E-state index in [1.165, 1.54) is 11.1 Å². The van der Waals surface area contributed by atoms with Crippen molar-refractivity contribution in [3.8, 4) is 5.75 Å². The maximum absolute atomic E-state index is 5.60. The largest absolute Gasteiger partial charge is 0.493 e. The molecule has 0 bridgehead atoms. The van der Waals surface area contributed by atoms with Crippen LogP contribution in [-0.2, 0) is 13.0 Å². The van der Waals surface area contributed by atoms with E-state index in [0.717, 1.165) is 63.0 Å². The van der Waals surface area contributed by atoms with E-state index in [9.17, 15) is 0 Å². The van der Waals surface area contributed by atoms with Crippen LogP contribution in [-0.4, -0.2) is 54.7 Å². The topological polar surface area (TPSA) is 53.5 Å². The molecule has 1 fully saturated rings. The normalized spacial score (nSPS) is 17.6. The minimum absolute atomic E-state index is 0.476. The molecule has 0 saturated carbocycles. The molecule has 1 aromatic carbocycles. The third-order valence-electron chi connectivity index (χ3n) is 5.14. The molecule has 0 atom stereocenters. The van der Waals surface area contributed by atoms with Crippen molar-refractivity contribution in [1.29, 1.82) is 0 Å². The maximum atomic E-state index is 5.60. The number of benzene rings is 1. The molecule has 4 rings (SSSR count). The number of anilines is 2. The number of likely N-dealkylation sites (tertiary alicyclic amines) is 1. The quantitative estimate of drug-likeness (QED) is 0.892. The first-order valence-electron chi connectivity index (χ1n) is 9.41. The van der Waals surface area contributed by atoms with E-state index in [-0.39, 0.29) is 0 Å². The van der Waals surface area contributed by atoms with Crippen molar-refractivity contribution in [2.45, 2.75) is 31.8 Å². The van der Waals surface area contributed by atoms with E-state index in [2.05, 4.69) is 38.4 Å². The van der Waals surface area contributed by atoms with Gasteiger partial charge in [-0.25, -0.2) is 4.98 Å². The van der Waals surface area contributed by atoms with Crippen molar-refractivity contribution in [2.75, 3.05) is 44.0 Å². The molecule has 0 unspecified atom stereocenters. The Morgan fingerprint density at radius 3 is 2.88 bits per heavy atom. The predicted octanol–water partition coefficient (Wildman–Crippen LogP) is 2.55. The minimum atomic E-state index is 0.476. The van der Waals surface area contributed by atoms with E-state index in [0.29, 0.717) is 6.04 Å². The molecule has 0 aliphatic carbocycles. The van der Waals surface area contributed by atoms with Crippen LogP contribution in [0.2, 0.25) is 0 Å². The molecule has 26 heavy (non-hydrogen) atoms. The molecule has 1 N–H and O–H groups in total. The molecule has 2 aliphatic heterocycles. The highest BCUT2D eigenvalue weighted by Crippen LogP contribution is 2.27. The summed E-state index contributed by atoms with van der Waals surface area (Å²) in [4.78, 5) is 13.3. The molecular weight excluding hydrogens is 326 g/mol. The lowest BCUT2D eigenvalue weighted by Crippen LogP contribution is -2.38. The van der Waals surface area contributed by atoms with Crippen molar-refractivity contribution in [3.63, 3.8) is 0 Å². The van der Waals surface area contributed by atoms with Gasteiger partial charge in [0.05, 0.1) is 6.61 Å². The molecule has 1 aromatic heterocycles. The summed E-state index contributed by atoms with van der Waals surface area (Å²) in [7, 11) is 3.92. The lowest BCUT2D eigenvalue weighted by Gasteiger charge is -2.32. The lowest BCUT2D eigenvalue weighted by molar-refractivity contribution is 0.211. The van der Waals surface area contributed by atoms with Crippen LogP contribution in [0, 0.1) is 0 Å². The Hall–Kier alpha value is -2.34. The van der Waals surface area contributed by atoms with Crippen LogP contribution in [0.15, 0.2) is 30.5 Å². The average Bonchev–Trinajstić information content (AvgIpc) is 3.11. The number of piperidine rings is 1. The predicted molar refractivity (Wildman–Crippen MR) is 104 cm³/mol. The first-order valence-corrected chi connectivity index (χ1v) is 9.41. The van der Waals surface area contributed by atoms with Crippen LogP contribution in [0.3, 0.4) is 0 Å². The number of nitrogens with one attached hydrogen (secondary N) is 1. The number of rotatable bonds is 5. The number of hydrogen-bond acceptors (Lipinski definition) is 6. The lowest BCUT2D eigenvalue weighted by atomic mass is 10.0. The smallest absolute Gasteiger partial charge is 0.226 e. The summed E-state index contributed by atoms with van der Waals surface area (Å²) in [5.41, 5.74) is 2.76. The van der Waals surface area contributed by atoms with Gasteiger partial charge in [-0.05, 0) is 36.1 Å². The molecule has 138 valence electrons. The molecule has 0 spiro atoms. The second-order valence-corrected chi connectivity index (χ2v) is 7.37. The van der Waals surface area contributed by atoms with Crippen LogP contribution in [0.25, 0.3) is 0 Å². The van der Waals surface area contributed by atoms with Crippen LogP contribution >= 0.6 is 0 Å². The Labute approximate surface area is 155 Å². The van der Waals surface area contributed by atoms with Gasteiger partial charge in [0.25, 0.3) is 0 Å². The average molecular weight is 353 g/mol. The Bertz CT molecular complexity index is 756. The number of aromatic nitrogens is 2. The Balaban J connectivity index is 1.29. The number of ether oxygens (including phenoxy) is 1. The van der Waals surface area contributed by atoms with E-state index in [1.807, 2.05) is 31.3 Å². The number of fused-ring (bicyclic) bond motifs is 1. The maximum Gasteiger partial charge on any atom is 0.226 e. The van der Waals surface area contributed by atoms with Gasteiger partial charge in [0.2, 0.25) is 5.95 Å². The molecule has 2 aliphatic rings.